The lowest BCUT2D eigenvalue weighted by Crippen LogP contribution is -2.17. The number of nitrogens with zero attached hydrogens (tertiary/aromatic N) is 2. The summed E-state index contributed by atoms with van der Waals surface area (Å²) in [4.78, 5) is 17.1. The van der Waals surface area contributed by atoms with Crippen molar-refractivity contribution in [1.29, 1.82) is 0 Å². The van der Waals surface area contributed by atoms with Gasteiger partial charge in [-0.25, -0.2) is 4.98 Å². The van der Waals surface area contributed by atoms with Gasteiger partial charge < -0.3 is 9.64 Å². The van der Waals surface area contributed by atoms with Gasteiger partial charge in [0, 0.05) is 25.9 Å². The lowest BCUT2D eigenvalue weighted by molar-refractivity contribution is 0.0816. The van der Waals surface area contributed by atoms with E-state index in [4.69, 9.17) is 4.74 Å². The van der Waals surface area contributed by atoms with Gasteiger partial charge in [0.15, 0.2) is 0 Å². The van der Waals surface area contributed by atoms with Crippen molar-refractivity contribution in [2.24, 2.45) is 0 Å². The predicted octanol–water partition coefficient (Wildman–Crippen LogP) is 0.676. The molecule has 1 aliphatic heterocycles. The summed E-state index contributed by atoms with van der Waals surface area (Å²) in [5, 5.41) is 0. The number of carbonyl (C=O) groups is 1. The van der Waals surface area contributed by atoms with Gasteiger partial charge in [-0.3, -0.25) is 4.79 Å². The van der Waals surface area contributed by atoms with Crippen LogP contribution in [0.3, 0.4) is 0 Å². The number of aromatic nitrogens is 1. The van der Waals surface area contributed by atoms with Crippen LogP contribution in [0.4, 0.5) is 0 Å². The Morgan fingerprint density at radius 2 is 2.38 bits per heavy atom. The van der Waals surface area contributed by atoms with Crippen molar-refractivity contribution in [3.63, 3.8) is 0 Å². The molecule has 1 aliphatic rings. The zero-order valence-electron chi connectivity index (χ0n) is 7.57. The second-order valence-electron chi connectivity index (χ2n) is 3.05. The fourth-order valence-corrected chi connectivity index (χ4v) is 1.44. The van der Waals surface area contributed by atoms with Gasteiger partial charge >= 0.3 is 0 Å². The van der Waals surface area contributed by atoms with Crippen molar-refractivity contribution in [3.05, 3.63) is 23.4 Å². The highest BCUT2D eigenvalue weighted by Crippen LogP contribution is 2.23. The molecule has 0 fully saturated rings. The number of hydrogen-bond donors (Lipinski definition) is 0. The normalized spacial score (nSPS) is 14.6. The summed E-state index contributed by atoms with van der Waals surface area (Å²) in [6.45, 7) is 0.646. The van der Waals surface area contributed by atoms with Crippen molar-refractivity contribution in [2.75, 3.05) is 14.2 Å². The predicted molar refractivity (Wildman–Crippen MR) is 46.6 cm³/mol. The van der Waals surface area contributed by atoms with E-state index in [1.54, 1.807) is 31.3 Å². The molecule has 0 saturated heterocycles. The Morgan fingerprint density at radius 1 is 1.62 bits per heavy atom. The van der Waals surface area contributed by atoms with E-state index in [-0.39, 0.29) is 5.91 Å². The third-order valence-corrected chi connectivity index (χ3v) is 2.16. The summed E-state index contributed by atoms with van der Waals surface area (Å²) < 4.78 is 4.97. The van der Waals surface area contributed by atoms with E-state index in [0.29, 0.717) is 18.0 Å². The Kier molecular flexibility index (Phi) is 1.69. The van der Waals surface area contributed by atoms with E-state index in [0.717, 1.165) is 5.56 Å². The summed E-state index contributed by atoms with van der Waals surface area (Å²) >= 11 is 0. The van der Waals surface area contributed by atoms with E-state index in [1.807, 2.05) is 0 Å². The molecule has 2 rings (SSSR count). The topological polar surface area (TPSA) is 42.4 Å². The van der Waals surface area contributed by atoms with E-state index in [2.05, 4.69) is 4.98 Å². The fourth-order valence-electron chi connectivity index (χ4n) is 1.44. The van der Waals surface area contributed by atoms with E-state index in [9.17, 15) is 4.79 Å². The monoisotopic (exact) mass is 178 g/mol. The maximum atomic E-state index is 11.4. The smallest absolute Gasteiger partial charge is 0.255 e. The first-order valence-corrected chi connectivity index (χ1v) is 4.00. The van der Waals surface area contributed by atoms with Gasteiger partial charge in [0.05, 0.1) is 12.7 Å². The van der Waals surface area contributed by atoms with Crippen molar-refractivity contribution in [3.8, 4) is 5.88 Å². The molecule has 0 aromatic carbocycles. The molecule has 0 radical (unpaired) electrons. The Bertz CT molecular complexity index is 363. The second kappa shape index (κ2) is 2.73. The van der Waals surface area contributed by atoms with Crippen LogP contribution >= 0.6 is 0 Å². The van der Waals surface area contributed by atoms with Crippen LogP contribution in [0.25, 0.3) is 0 Å². The number of amides is 1. The molecule has 4 heteroatoms. The standard InChI is InChI=1S/C9H10N2O2/c1-11-5-6-3-8(13-2)10-4-7(6)9(11)12/h3-4H,5H2,1-2H3. The number of fused-ring (bicyclic) bond motifs is 1. The van der Waals surface area contributed by atoms with Crippen molar-refractivity contribution >= 4 is 5.91 Å². The summed E-state index contributed by atoms with van der Waals surface area (Å²) in [5.74, 6) is 0.590. The lowest BCUT2D eigenvalue weighted by Gasteiger charge is -2.04. The minimum Gasteiger partial charge on any atom is -0.481 e. The molecule has 1 aromatic rings. The maximum absolute atomic E-state index is 11.4. The molecule has 2 heterocycles. The molecular formula is C9H10N2O2. The van der Waals surface area contributed by atoms with Gasteiger partial charge in [-0.05, 0) is 5.56 Å². The molecule has 0 bridgehead atoms. The molecule has 0 atom stereocenters. The lowest BCUT2D eigenvalue weighted by atomic mass is 10.2. The Balaban J connectivity index is 2.46. The zero-order valence-corrected chi connectivity index (χ0v) is 7.57. The van der Waals surface area contributed by atoms with Crippen LogP contribution in [-0.2, 0) is 6.54 Å². The zero-order chi connectivity index (χ0) is 9.42. The maximum Gasteiger partial charge on any atom is 0.255 e. The van der Waals surface area contributed by atoms with Crippen LogP contribution in [0.5, 0.6) is 5.88 Å². The van der Waals surface area contributed by atoms with Gasteiger partial charge in [0.2, 0.25) is 5.88 Å². The second-order valence-corrected chi connectivity index (χ2v) is 3.05. The highest BCUT2D eigenvalue weighted by Gasteiger charge is 2.24. The Morgan fingerprint density at radius 3 is 3.08 bits per heavy atom. The van der Waals surface area contributed by atoms with E-state index >= 15 is 0 Å². The average molecular weight is 178 g/mol. The molecular weight excluding hydrogens is 168 g/mol. The summed E-state index contributed by atoms with van der Waals surface area (Å²) in [6.07, 6.45) is 1.57. The number of pyridine rings is 1. The van der Waals surface area contributed by atoms with Crippen molar-refractivity contribution in [1.82, 2.24) is 9.88 Å². The third-order valence-electron chi connectivity index (χ3n) is 2.16. The highest BCUT2D eigenvalue weighted by atomic mass is 16.5. The van der Waals surface area contributed by atoms with Crippen LogP contribution in [0, 0.1) is 0 Å². The molecule has 4 nitrogen and oxygen atoms in total. The van der Waals surface area contributed by atoms with Crippen molar-refractivity contribution in [2.45, 2.75) is 6.54 Å². The number of rotatable bonds is 1. The molecule has 0 spiro atoms. The molecule has 0 saturated carbocycles. The van der Waals surface area contributed by atoms with Gasteiger partial charge in [0.1, 0.15) is 0 Å². The first-order chi connectivity index (χ1) is 6.22. The first-order valence-electron chi connectivity index (χ1n) is 4.00. The Hall–Kier alpha value is -1.58. The number of ether oxygens (including phenoxy) is 1. The highest BCUT2D eigenvalue weighted by molar-refractivity contribution is 5.97. The number of carbonyl (C=O) groups excluding carboxylic acids is 1. The summed E-state index contributed by atoms with van der Waals surface area (Å²) in [7, 11) is 3.34. The fraction of sp³-hybridized carbons (Fsp3) is 0.333. The van der Waals surface area contributed by atoms with Gasteiger partial charge in [-0.15, -0.1) is 0 Å². The van der Waals surface area contributed by atoms with Crippen LogP contribution in [-0.4, -0.2) is 29.9 Å². The van der Waals surface area contributed by atoms with Gasteiger partial charge in [-0.2, -0.15) is 0 Å². The van der Waals surface area contributed by atoms with Crippen LogP contribution < -0.4 is 4.74 Å². The SMILES string of the molecule is COc1cc2c(cn1)C(=O)N(C)C2. The minimum absolute atomic E-state index is 0.0325. The number of hydrogen-bond acceptors (Lipinski definition) is 3. The summed E-state index contributed by atoms with van der Waals surface area (Å²) in [5.41, 5.74) is 1.67. The average Bonchev–Trinajstić information content (AvgIpc) is 2.42. The number of methoxy groups -OCH3 is 1. The van der Waals surface area contributed by atoms with E-state index in [1.165, 1.54) is 0 Å². The quantitative estimate of drug-likeness (QED) is 0.635. The minimum atomic E-state index is 0.0325. The molecule has 0 N–H and O–H groups in total. The molecule has 0 aliphatic carbocycles. The molecule has 1 amide bonds. The van der Waals surface area contributed by atoms with Crippen molar-refractivity contribution < 1.29 is 9.53 Å². The van der Waals surface area contributed by atoms with Crippen LogP contribution in [0.1, 0.15) is 15.9 Å². The van der Waals surface area contributed by atoms with E-state index < -0.39 is 0 Å². The third kappa shape index (κ3) is 1.14. The van der Waals surface area contributed by atoms with Gasteiger partial charge in [0.25, 0.3) is 5.91 Å². The van der Waals surface area contributed by atoms with Crippen LogP contribution in [0.2, 0.25) is 0 Å². The first kappa shape index (κ1) is 8.04. The molecule has 1 aromatic heterocycles. The largest absolute Gasteiger partial charge is 0.481 e. The molecule has 0 unspecified atom stereocenters. The summed E-state index contributed by atoms with van der Waals surface area (Å²) in [6, 6.07) is 1.80. The van der Waals surface area contributed by atoms with Crippen LogP contribution in [0.15, 0.2) is 12.3 Å². The molecule has 68 valence electrons. The van der Waals surface area contributed by atoms with Gasteiger partial charge in [-0.1, -0.05) is 0 Å². The Labute approximate surface area is 76.1 Å². The molecule has 13 heavy (non-hydrogen) atoms.